The number of amides is 3. The first-order valence-corrected chi connectivity index (χ1v) is 20.6. The Balaban J connectivity index is 0.811. The van der Waals surface area contributed by atoms with Gasteiger partial charge in [0.2, 0.25) is 11.8 Å². The Morgan fingerprint density at radius 2 is 1.40 bits per heavy atom. The number of piperazine rings is 1. The summed E-state index contributed by atoms with van der Waals surface area (Å²) in [6.07, 6.45) is 5.33. The number of nitrogens with one attached hydrogen (secondary N) is 1. The Bertz CT molecular complexity index is 2290. The normalized spacial score (nSPS) is 20.5. The van der Waals surface area contributed by atoms with Gasteiger partial charge in [0.25, 0.3) is 5.91 Å². The van der Waals surface area contributed by atoms with Crippen molar-refractivity contribution in [2.45, 2.75) is 57.5 Å². The largest absolute Gasteiger partial charge is 0.478 e. The summed E-state index contributed by atoms with van der Waals surface area (Å²) in [4.78, 5) is 58.2. The highest BCUT2D eigenvalue weighted by Gasteiger charge is 2.39. The van der Waals surface area contributed by atoms with Gasteiger partial charge in [0.15, 0.2) is 0 Å². The topological polar surface area (TPSA) is 114 Å². The molecule has 3 amide bonds. The maximum atomic E-state index is 14.0. The molecule has 298 valence electrons. The van der Waals surface area contributed by atoms with Gasteiger partial charge in [-0.25, -0.2) is 9.18 Å². The third-order valence-corrected chi connectivity index (χ3v) is 12.9. The number of rotatable bonds is 8. The molecule has 4 aromatic rings. The number of carboxylic acids is 1. The van der Waals surface area contributed by atoms with Gasteiger partial charge in [-0.1, -0.05) is 30.3 Å². The number of halogens is 1. The number of nitrogens with zero attached hydrogens (tertiary/aromatic N) is 4. The number of aromatic carboxylic acids is 1. The van der Waals surface area contributed by atoms with E-state index in [4.69, 9.17) is 0 Å². The van der Waals surface area contributed by atoms with Crippen LogP contribution in [0.15, 0.2) is 84.9 Å². The van der Waals surface area contributed by atoms with Crippen LogP contribution in [0.4, 0.5) is 15.8 Å². The molecule has 10 nitrogen and oxygen atoms in total. The molecule has 3 saturated heterocycles. The Kier molecular flexibility index (Phi) is 10.3. The zero-order valence-electron chi connectivity index (χ0n) is 32.6. The molecule has 0 spiro atoms. The number of anilines is 2. The SMILES string of the molecule is O=C1CC[C@H](N2Cc3cc(N4CCN(CC5CCN(c6ccc(C7=C(c8ccc(F)cc8)CCCc8cc(C(=O)O)ccc87)cc6)CC5)CC4)ccc3C2=O)C(=O)N1. The summed E-state index contributed by atoms with van der Waals surface area (Å²) in [6, 6.07) is 26.4. The van der Waals surface area contributed by atoms with Crippen LogP contribution < -0.4 is 15.1 Å². The van der Waals surface area contributed by atoms with Crippen LogP contribution in [0.1, 0.15) is 87.1 Å². The first kappa shape index (κ1) is 37.7. The van der Waals surface area contributed by atoms with Crippen LogP contribution in [0.25, 0.3) is 11.1 Å². The van der Waals surface area contributed by atoms with Crippen LogP contribution in [0.5, 0.6) is 0 Å². The van der Waals surface area contributed by atoms with Gasteiger partial charge in [-0.15, -0.1) is 0 Å². The summed E-state index contributed by atoms with van der Waals surface area (Å²) >= 11 is 0. The minimum atomic E-state index is -0.929. The van der Waals surface area contributed by atoms with Crippen molar-refractivity contribution < 1.29 is 28.7 Å². The number of imide groups is 1. The van der Waals surface area contributed by atoms with E-state index in [9.17, 15) is 28.7 Å². The molecular formula is C47H48FN5O5. The molecule has 11 heteroatoms. The van der Waals surface area contributed by atoms with E-state index in [0.29, 0.717) is 30.0 Å². The number of piperidine rings is 2. The highest BCUT2D eigenvalue weighted by atomic mass is 19.1. The van der Waals surface area contributed by atoms with E-state index in [1.54, 1.807) is 11.0 Å². The van der Waals surface area contributed by atoms with E-state index in [1.807, 2.05) is 36.4 Å². The van der Waals surface area contributed by atoms with Gasteiger partial charge in [-0.05, 0) is 138 Å². The summed E-state index contributed by atoms with van der Waals surface area (Å²) in [5, 5.41) is 12.1. The average molecular weight is 782 g/mol. The first-order chi connectivity index (χ1) is 28.2. The summed E-state index contributed by atoms with van der Waals surface area (Å²) < 4.78 is 14.0. The summed E-state index contributed by atoms with van der Waals surface area (Å²) in [7, 11) is 0. The van der Waals surface area contributed by atoms with Crippen LogP contribution in [0.3, 0.4) is 0 Å². The molecule has 0 aromatic heterocycles. The summed E-state index contributed by atoms with van der Waals surface area (Å²) in [6.45, 7) is 7.27. The molecular weight excluding hydrogens is 734 g/mol. The molecule has 0 unspecified atom stereocenters. The standard InChI is InChI=1S/C47H48FN5O5/c48-36-9-4-31(5-10-36)39-3-1-2-33-26-34(47(57)58)8-14-40(33)44(39)32-6-11-37(12-7-32)51-20-18-30(19-21-51)28-50-22-24-52(25-23-50)38-13-15-41-35(27-38)29-53(46(41)56)42-16-17-43(54)49-45(42)55/h4-15,26-27,30,42H,1-3,16-25,28-29H2,(H,57,58)(H,49,54,55)/t42-/m0/s1. The molecule has 1 atom stereocenters. The Morgan fingerprint density at radius 1 is 0.707 bits per heavy atom. The molecule has 4 aromatic carbocycles. The van der Waals surface area contributed by atoms with Crippen LogP contribution in [-0.2, 0) is 22.6 Å². The summed E-state index contributed by atoms with van der Waals surface area (Å²) in [5.74, 6) is -1.37. The van der Waals surface area contributed by atoms with Crippen molar-refractivity contribution in [2.24, 2.45) is 5.92 Å². The van der Waals surface area contributed by atoms with Crippen molar-refractivity contribution in [1.82, 2.24) is 15.1 Å². The number of carboxylic acid groups (broad SMARTS) is 1. The number of allylic oxidation sites excluding steroid dienone is 1. The molecule has 0 saturated carbocycles. The lowest BCUT2D eigenvalue weighted by atomic mass is 9.87. The number of benzene rings is 4. The van der Waals surface area contributed by atoms with Gasteiger partial charge < -0.3 is 19.8 Å². The average Bonchev–Trinajstić information content (AvgIpc) is 3.43. The number of aryl methyl sites for hydroxylation is 1. The zero-order chi connectivity index (χ0) is 39.9. The van der Waals surface area contributed by atoms with Crippen LogP contribution >= 0.6 is 0 Å². The Morgan fingerprint density at radius 3 is 2.12 bits per heavy atom. The predicted molar refractivity (Wildman–Crippen MR) is 221 cm³/mol. The van der Waals surface area contributed by atoms with Gasteiger partial charge in [0, 0.05) is 75.7 Å². The number of hydrogen-bond acceptors (Lipinski definition) is 7. The maximum Gasteiger partial charge on any atom is 0.335 e. The lowest BCUT2D eigenvalue weighted by Crippen LogP contribution is -2.52. The second-order valence-electron chi connectivity index (χ2n) is 16.4. The number of carbonyl (C=O) groups excluding carboxylic acids is 3. The molecule has 0 radical (unpaired) electrons. The second kappa shape index (κ2) is 15.9. The highest BCUT2D eigenvalue weighted by molar-refractivity contribution is 6.05. The van der Waals surface area contributed by atoms with Gasteiger partial charge in [0.05, 0.1) is 5.56 Å². The molecule has 0 bridgehead atoms. The molecule has 4 heterocycles. The van der Waals surface area contributed by atoms with Crippen molar-refractivity contribution in [1.29, 1.82) is 0 Å². The van der Waals surface area contributed by atoms with E-state index < -0.39 is 12.0 Å². The quantitative estimate of drug-likeness (QED) is 0.192. The van der Waals surface area contributed by atoms with E-state index in [1.165, 1.54) is 17.8 Å². The Hall–Kier alpha value is -5.81. The van der Waals surface area contributed by atoms with E-state index in [2.05, 4.69) is 50.3 Å². The van der Waals surface area contributed by atoms with Crippen molar-refractivity contribution in [3.8, 4) is 0 Å². The minimum absolute atomic E-state index is 0.140. The van der Waals surface area contributed by atoms with Crippen molar-refractivity contribution in [3.05, 3.63) is 130 Å². The third-order valence-electron chi connectivity index (χ3n) is 12.9. The monoisotopic (exact) mass is 781 g/mol. The van der Waals surface area contributed by atoms with E-state index in [0.717, 1.165) is 123 Å². The van der Waals surface area contributed by atoms with Crippen LogP contribution in [0.2, 0.25) is 0 Å². The maximum absolute atomic E-state index is 14.0. The molecule has 1 aliphatic carbocycles. The molecule has 9 rings (SSSR count). The molecule has 2 N–H and O–H groups in total. The van der Waals surface area contributed by atoms with Crippen molar-refractivity contribution in [2.75, 3.05) is 55.6 Å². The third kappa shape index (κ3) is 7.51. The predicted octanol–water partition coefficient (Wildman–Crippen LogP) is 6.62. The molecule has 3 fully saturated rings. The minimum Gasteiger partial charge on any atom is -0.478 e. The molecule has 5 aliphatic rings. The van der Waals surface area contributed by atoms with Crippen LogP contribution in [-0.4, -0.2) is 90.5 Å². The van der Waals surface area contributed by atoms with Gasteiger partial charge in [-0.3, -0.25) is 24.6 Å². The van der Waals surface area contributed by atoms with Gasteiger partial charge >= 0.3 is 5.97 Å². The second-order valence-corrected chi connectivity index (χ2v) is 16.4. The fourth-order valence-electron chi connectivity index (χ4n) is 9.71. The Labute approximate surface area is 337 Å². The number of hydrogen-bond donors (Lipinski definition) is 2. The fraction of sp³-hybridized carbons (Fsp3) is 0.362. The molecule has 58 heavy (non-hydrogen) atoms. The van der Waals surface area contributed by atoms with E-state index in [-0.39, 0.29) is 30.0 Å². The van der Waals surface area contributed by atoms with Gasteiger partial charge in [-0.2, -0.15) is 0 Å². The highest BCUT2D eigenvalue weighted by Crippen LogP contribution is 2.41. The van der Waals surface area contributed by atoms with Crippen molar-refractivity contribution in [3.63, 3.8) is 0 Å². The van der Waals surface area contributed by atoms with Crippen molar-refractivity contribution >= 4 is 46.2 Å². The molecule has 4 aliphatic heterocycles. The smallest absolute Gasteiger partial charge is 0.335 e. The van der Waals surface area contributed by atoms with Crippen LogP contribution in [0, 0.1) is 11.7 Å². The number of carbonyl (C=O) groups is 4. The summed E-state index contributed by atoms with van der Waals surface area (Å²) in [5.41, 5.74) is 10.5. The lowest BCUT2D eigenvalue weighted by molar-refractivity contribution is -0.136. The number of fused-ring (bicyclic) bond motifs is 2. The fourth-order valence-corrected chi connectivity index (χ4v) is 9.71. The zero-order valence-corrected chi connectivity index (χ0v) is 32.6. The van der Waals surface area contributed by atoms with Gasteiger partial charge in [0.1, 0.15) is 11.9 Å². The first-order valence-electron chi connectivity index (χ1n) is 20.6. The lowest BCUT2D eigenvalue weighted by Gasteiger charge is -2.40. The van der Waals surface area contributed by atoms with E-state index >= 15 is 0 Å².